The number of Topliss-reactive ketones (excluding diaryl/α,β-unsaturated/α-hetero) is 1. The monoisotopic (exact) mass is 254 g/mol. The van der Waals surface area contributed by atoms with E-state index in [-0.39, 0.29) is 17.3 Å². The molecule has 0 radical (unpaired) electrons. The summed E-state index contributed by atoms with van der Waals surface area (Å²) >= 11 is 0. The van der Waals surface area contributed by atoms with Crippen LogP contribution in [0.4, 0.5) is 4.79 Å². The zero-order valence-corrected chi connectivity index (χ0v) is 11.4. The van der Waals surface area contributed by atoms with Crippen LogP contribution >= 0.6 is 0 Å². The first kappa shape index (κ1) is 13.3. The van der Waals surface area contributed by atoms with Gasteiger partial charge in [0.2, 0.25) is 0 Å². The summed E-state index contributed by atoms with van der Waals surface area (Å²) < 4.78 is 5.37. The predicted molar refractivity (Wildman–Crippen MR) is 67.4 cm³/mol. The van der Waals surface area contributed by atoms with Crippen LogP contribution in [0.25, 0.3) is 0 Å². The van der Waals surface area contributed by atoms with Crippen molar-refractivity contribution in [3.05, 3.63) is 0 Å². The number of carbonyl (C=O) groups excluding carboxylic acids is 2. The van der Waals surface area contributed by atoms with Gasteiger partial charge in [-0.15, -0.1) is 0 Å². The second-order valence-electron chi connectivity index (χ2n) is 6.28. The van der Waals surface area contributed by atoms with E-state index in [1.807, 2.05) is 20.8 Å². The molecule has 0 aliphatic carbocycles. The number of likely N-dealkylation sites (tertiary alicyclic amines) is 1. The topological polar surface area (TPSA) is 58.6 Å². The highest BCUT2D eigenvalue weighted by atomic mass is 16.6. The maximum absolute atomic E-state index is 12.1. The second-order valence-corrected chi connectivity index (χ2v) is 6.28. The summed E-state index contributed by atoms with van der Waals surface area (Å²) in [4.78, 5) is 25.8. The number of ketones is 1. The minimum Gasteiger partial charge on any atom is -0.444 e. The highest BCUT2D eigenvalue weighted by molar-refractivity contribution is 5.88. The van der Waals surface area contributed by atoms with E-state index in [4.69, 9.17) is 4.74 Å². The molecule has 1 N–H and O–H groups in total. The predicted octanol–water partition coefficient (Wildman–Crippen LogP) is 1.18. The lowest BCUT2D eigenvalue weighted by molar-refractivity contribution is -0.132. The van der Waals surface area contributed by atoms with Gasteiger partial charge in [0.1, 0.15) is 11.4 Å². The first-order valence-electron chi connectivity index (χ1n) is 6.54. The molecule has 0 saturated carbocycles. The Labute approximate surface area is 108 Å². The number of ether oxygens (including phenoxy) is 1. The molecule has 2 rings (SSSR count). The normalized spacial score (nSPS) is 28.8. The van der Waals surface area contributed by atoms with Crippen LogP contribution in [0.15, 0.2) is 0 Å². The average molecular weight is 254 g/mol. The molecule has 2 saturated heterocycles. The van der Waals surface area contributed by atoms with Gasteiger partial charge in [0.25, 0.3) is 0 Å². The number of amides is 1. The number of hydrogen-bond donors (Lipinski definition) is 1. The van der Waals surface area contributed by atoms with Crippen LogP contribution in [0, 0.1) is 5.41 Å². The lowest BCUT2D eigenvalue weighted by atomic mass is 9.78. The first-order valence-corrected chi connectivity index (χ1v) is 6.54. The zero-order valence-electron chi connectivity index (χ0n) is 11.4. The summed E-state index contributed by atoms with van der Waals surface area (Å²) in [6, 6.07) is 0. The van der Waals surface area contributed by atoms with Crippen molar-refractivity contribution in [3.8, 4) is 0 Å². The molecular formula is C13H22N2O3. The number of piperidine rings is 1. The van der Waals surface area contributed by atoms with Crippen molar-refractivity contribution in [2.24, 2.45) is 5.41 Å². The fourth-order valence-corrected chi connectivity index (χ4v) is 2.63. The summed E-state index contributed by atoms with van der Waals surface area (Å²) in [5.41, 5.74) is -0.852. The van der Waals surface area contributed by atoms with Crippen LogP contribution in [0.2, 0.25) is 0 Å². The molecule has 2 aliphatic rings. The molecule has 102 valence electrons. The van der Waals surface area contributed by atoms with E-state index in [0.29, 0.717) is 26.1 Å². The smallest absolute Gasteiger partial charge is 0.410 e. The first-order chi connectivity index (χ1) is 8.32. The third kappa shape index (κ3) is 2.66. The summed E-state index contributed by atoms with van der Waals surface area (Å²) in [5, 5.41) is 3.22. The number of rotatable bonds is 0. The summed E-state index contributed by atoms with van der Waals surface area (Å²) in [5.74, 6) is 0.285. The molecule has 1 atom stereocenters. The quantitative estimate of drug-likeness (QED) is 0.705. The Hall–Kier alpha value is -1.10. The van der Waals surface area contributed by atoms with Gasteiger partial charge in [0.05, 0.1) is 5.41 Å². The summed E-state index contributed by atoms with van der Waals surface area (Å²) in [6.07, 6.45) is 0.966. The number of hydrogen-bond acceptors (Lipinski definition) is 4. The Balaban J connectivity index is 2.03. The van der Waals surface area contributed by atoms with Crippen LogP contribution in [-0.4, -0.2) is 48.6 Å². The minimum absolute atomic E-state index is 0.285. The summed E-state index contributed by atoms with van der Waals surface area (Å²) in [7, 11) is 0. The van der Waals surface area contributed by atoms with E-state index in [0.717, 1.165) is 13.0 Å². The van der Waals surface area contributed by atoms with Crippen molar-refractivity contribution < 1.29 is 14.3 Å². The molecule has 0 aromatic rings. The van der Waals surface area contributed by atoms with Crippen molar-refractivity contribution in [1.82, 2.24) is 10.2 Å². The van der Waals surface area contributed by atoms with Crippen molar-refractivity contribution in [2.45, 2.75) is 39.2 Å². The van der Waals surface area contributed by atoms with Gasteiger partial charge in [-0.05, 0) is 33.7 Å². The molecule has 1 spiro atoms. The van der Waals surface area contributed by atoms with Gasteiger partial charge in [-0.2, -0.15) is 0 Å². The van der Waals surface area contributed by atoms with Crippen LogP contribution in [0.3, 0.4) is 0 Å². The van der Waals surface area contributed by atoms with Gasteiger partial charge < -0.3 is 15.0 Å². The maximum atomic E-state index is 12.1. The third-order valence-electron chi connectivity index (χ3n) is 3.59. The lowest BCUT2D eigenvalue weighted by Gasteiger charge is -2.39. The van der Waals surface area contributed by atoms with E-state index in [1.165, 1.54) is 0 Å². The SMILES string of the molecule is CC(C)(C)OC(=O)N1CCC(=O)[C@]2(CCNC2)C1. The molecule has 1 amide bonds. The Bertz CT molecular complexity index is 354. The van der Waals surface area contributed by atoms with Crippen molar-refractivity contribution in [2.75, 3.05) is 26.2 Å². The van der Waals surface area contributed by atoms with Crippen molar-refractivity contribution >= 4 is 11.9 Å². The number of nitrogens with zero attached hydrogens (tertiary/aromatic N) is 1. The fourth-order valence-electron chi connectivity index (χ4n) is 2.63. The third-order valence-corrected chi connectivity index (χ3v) is 3.59. The molecule has 0 unspecified atom stereocenters. The van der Waals surface area contributed by atoms with Gasteiger partial charge in [0.15, 0.2) is 0 Å². The van der Waals surface area contributed by atoms with Crippen molar-refractivity contribution in [3.63, 3.8) is 0 Å². The standard InChI is InChI=1S/C13H22N2O3/c1-12(2,3)18-11(17)15-7-4-10(16)13(9-15)5-6-14-8-13/h14H,4-9H2,1-3H3/t13-/m0/s1. The minimum atomic E-state index is -0.486. The largest absolute Gasteiger partial charge is 0.444 e. The van der Waals surface area contributed by atoms with Gasteiger partial charge in [0, 0.05) is 26.1 Å². The highest BCUT2D eigenvalue weighted by Crippen LogP contribution is 2.33. The van der Waals surface area contributed by atoms with Crippen LogP contribution in [-0.2, 0) is 9.53 Å². The fraction of sp³-hybridized carbons (Fsp3) is 0.846. The molecule has 5 heteroatoms. The van der Waals surface area contributed by atoms with E-state index < -0.39 is 5.60 Å². The Morgan fingerprint density at radius 1 is 1.44 bits per heavy atom. The lowest BCUT2D eigenvalue weighted by Crippen LogP contribution is -2.53. The van der Waals surface area contributed by atoms with Gasteiger partial charge in [-0.3, -0.25) is 4.79 Å². The van der Waals surface area contributed by atoms with Gasteiger partial charge in [-0.25, -0.2) is 4.79 Å². The molecule has 2 heterocycles. The molecule has 0 bridgehead atoms. The van der Waals surface area contributed by atoms with Crippen LogP contribution in [0.5, 0.6) is 0 Å². The maximum Gasteiger partial charge on any atom is 0.410 e. The molecular weight excluding hydrogens is 232 g/mol. The molecule has 2 aliphatic heterocycles. The molecule has 0 aromatic heterocycles. The second kappa shape index (κ2) is 4.53. The molecule has 2 fully saturated rings. The van der Waals surface area contributed by atoms with Crippen LogP contribution in [0.1, 0.15) is 33.6 Å². The van der Waals surface area contributed by atoms with E-state index in [2.05, 4.69) is 5.32 Å². The Kier molecular flexibility index (Phi) is 3.36. The van der Waals surface area contributed by atoms with Crippen molar-refractivity contribution in [1.29, 1.82) is 0 Å². The van der Waals surface area contributed by atoms with E-state index >= 15 is 0 Å². The zero-order chi connectivity index (χ0) is 13.4. The molecule has 5 nitrogen and oxygen atoms in total. The Morgan fingerprint density at radius 2 is 2.17 bits per heavy atom. The number of carbonyl (C=O) groups is 2. The molecule has 0 aromatic carbocycles. The van der Waals surface area contributed by atoms with E-state index in [1.54, 1.807) is 4.90 Å². The van der Waals surface area contributed by atoms with Gasteiger partial charge in [-0.1, -0.05) is 0 Å². The average Bonchev–Trinajstić information content (AvgIpc) is 2.69. The highest BCUT2D eigenvalue weighted by Gasteiger charge is 2.46. The summed E-state index contributed by atoms with van der Waals surface area (Å²) in [6.45, 7) is 8.08. The Morgan fingerprint density at radius 3 is 2.72 bits per heavy atom. The molecule has 18 heavy (non-hydrogen) atoms. The van der Waals surface area contributed by atoms with E-state index in [9.17, 15) is 9.59 Å². The van der Waals surface area contributed by atoms with Crippen LogP contribution < -0.4 is 5.32 Å². The van der Waals surface area contributed by atoms with Gasteiger partial charge >= 0.3 is 6.09 Å². The number of nitrogens with one attached hydrogen (secondary N) is 1.